The average molecular weight is 615 g/mol. The number of nitrogens with zero attached hydrogens (tertiary/aromatic N) is 4. The smallest absolute Gasteiger partial charge is 0.416 e. The monoisotopic (exact) mass is 614 g/mol. The van der Waals surface area contributed by atoms with Gasteiger partial charge in [0.05, 0.1) is 23.2 Å². The molecular formula is C29H29F7N4O3. The van der Waals surface area contributed by atoms with Gasteiger partial charge in [-0.15, -0.1) is 0 Å². The lowest BCUT2D eigenvalue weighted by Gasteiger charge is -2.45. The van der Waals surface area contributed by atoms with E-state index in [9.17, 15) is 40.3 Å². The Kier molecular flexibility index (Phi) is 7.84. The summed E-state index contributed by atoms with van der Waals surface area (Å²) in [6.07, 6.45) is -9.52. The number of aliphatic imine (C=N–C) groups is 1. The molecule has 3 aliphatic rings. The first kappa shape index (κ1) is 30.6. The Morgan fingerprint density at radius 3 is 2.26 bits per heavy atom. The van der Waals surface area contributed by atoms with E-state index >= 15 is 0 Å². The number of ether oxygens (including phenoxy) is 1. The lowest BCUT2D eigenvalue weighted by atomic mass is 9.78. The predicted molar refractivity (Wildman–Crippen MR) is 140 cm³/mol. The molecule has 0 aromatic heterocycles. The van der Waals surface area contributed by atoms with Crippen molar-refractivity contribution in [2.75, 3.05) is 33.3 Å². The van der Waals surface area contributed by atoms with E-state index in [1.54, 1.807) is 17.9 Å². The maximum absolute atomic E-state index is 14.1. The van der Waals surface area contributed by atoms with Gasteiger partial charge >= 0.3 is 18.4 Å². The molecule has 232 valence electrons. The first-order valence-corrected chi connectivity index (χ1v) is 13.6. The van der Waals surface area contributed by atoms with Crippen molar-refractivity contribution in [2.24, 2.45) is 16.8 Å². The van der Waals surface area contributed by atoms with Crippen molar-refractivity contribution in [3.8, 4) is 0 Å². The first-order chi connectivity index (χ1) is 20.0. The van der Waals surface area contributed by atoms with Crippen LogP contribution < -0.4 is 0 Å². The van der Waals surface area contributed by atoms with E-state index in [2.05, 4.69) is 4.99 Å². The quantitative estimate of drug-likeness (QED) is 0.387. The number of halogens is 7. The van der Waals surface area contributed by atoms with Gasteiger partial charge in [0.25, 0.3) is 11.9 Å². The van der Waals surface area contributed by atoms with Crippen LogP contribution in [0.5, 0.6) is 0 Å². The summed E-state index contributed by atoms with van der Waals surface area (Å²) in [5.74, 6) is -1.05. The molecular weight excluding hydrogens is 585 g/mol. The highest BCUT2D eigenvalue weighted by Gasteiger charge is 2.48. The lowest BCUT2D eigenvalue weighted by molar-refractivity contribution is -0.143. The molecule has 2 saturated heterocycles. The number of urea groups is 1. The molecule has 0 bridgehead atoms. The molecule has 43 heavy (non-hydrogen) atoms. The van der Waals surface area contributed by atoms with Crippen molar-refractivity contribution < 1.29 is 45.1 Å². The number of hydrogen-bond acceptors (Lipinski definition) is 4. The highest BCUT2D eigenvalue weighted by atomic mass is 19.4. The molecule has 0 aliphatic carbocycles. The van der Waals surface area contributed by atoms with Crippen LogP contribution in [0.3, 0.4) is 0 Å². The first-order valence-electron chi connectivity index (χ1n) is 13.6. The van der Waals surface area contributed by atoms with Gasteiger partial charge < -0.3 is 19.4 Å². The molecule has 2 fully saturated rings. The van der Waals surface area contributed by atoms with Crippen LogP contribution in [0.4, 0.5) is 35.5 Å². The standard InChI is InChI=1S/C29H29F7N4O3/c1-15-8-21(30)4-5-22(15)25-23-13-39(26-37-24(41)14-43-26)12-17(23)6-7-40(25)27(42)38(3)16(2)18-9-19(28(31,32)33)11-20(10-18)29(34,35)36/h4-5,8-11,16-17,23,25H,6-7,12-14H2,1-3H3/t16?,17?,23-,25?/m1/s1. The number of carbonyl (C=O) groups is 2. The van der Waals surface area contributed by atoms with E-state index in [0.717, 1.165) is 4.90 Å². The van der Waals surface area contributed by atoms with Gasteiger partial charge in [0.2, 0.25) is 0 Å². The fourth-order valence-corrected chi connectivity index (χ4v) is 6.25. The van der Waals surface area contributed by atoms with Gasteiger partial charge in [-0.25, -0.2) is 9.18 Å². The van der Waals surface area contributed by atoms with E-state index in [0.29, 0.717) is 42.8 Å². The van der Waals surface area contributed by atoms with E-state index in [1.807, 2.05) is 4.90 Å². The maximum Gasteiger partial charge on any atom is 0.416 e. The van der Waals surface area contributed by atoms with Crippen molar-refractivity contribution in [3.63, 3.8) is 0 Å². The number of amidine groups is 1. The molecule has 2 aromatic rings. The third-order valence-electron chi connectivity index (χ3n) is 8.56. The number of amides is 3. The minimum atomic E-state index is -5.03. The van der Waals surface area contributed by atoms with Crippen LogP contribution in [-0.2, 0) is 21.9 Å². The number of benzene rings is 2. The maximum atomic E-state index is 14.1. The van der Waals surface area contributed by atoms with E-state index in [-0.39, 0.29) is 42.6 Å². The Morgan fingerprint density at radius 1 is 1.05 bits per heavy atom. The number of fused-ring (bicyclic) bond motifs is 1. The molecule has 0 N–H and O–H groups in total. The average Bonchev–Trinajstić information content (AvgIpc) is 3.56. The third kappa shape index (κ3) is 6.00. The zero-order chi connectivity index (χ0) is 31.4. The second kappa shape index (κ2) is 11.0. The Bertz CT molecular complexity index is 1430. The minimum Gasteiger partial charge on any atom is -0.455 e. The molecule has 3 unspecified atom stereocenters. The molecule has 14 heteroatoms. The Labute approximate surface area is 242 Å². The summed E-state index contributed by atoms with van der Waals surface area (Å²) in [5.41, 5.74) is -2.01. The van der Waals surface area contributed by atoms with Gasteiger partial charge in [-0.05, 0) is 73.2 Å². The summed E-state index contributed by atoms with van der Waals surface area (Å²) in [4.78, 5) is 34.1. The van der Waals surface area contributed by atoms with E-state index in [1.165, 1.54) is 26.1 Å². The summed E-state index contributed by atoms with van der Waals surface area (Å²) in [7, 11) is 1.33. The lowest BCUT2D eigenvalue weighted by Crippen LogP contribution is -2.51. The molecule has 2 aromatic carbocycles. The van der Waals surface area contributed by atoms with Crippen molar-refractivity contribution in [2.45, 2.75) is 44.7 Å². The van der Waals surface area contributed by atoms with Crippen LogP contribution in [0.25, 0.3) is 0 Å². The number of carbonyl (C=O) groups excluding carboxylic acids is 2. The third-order valence-corrected chi connectivity index (χ3v) is 8.56. The molecule has 0 spiro atoms. The normalized spacial score (nSPS) is 23.2. The molecule has 3 aliphatic heterocycles. The second-order valence-electron chi connectivity index (χ2n) is 11.2. The van der Waals surface area contributed by atoms with Crippen LogP contribution in [-0.4, -0.2) is 65.9 Å². The predicted octanol–water partition coefficient (Wildman–Crippen LogP) is 6.19. The molecule has 3 amide bonds. The summed E-state index contributed by atoms with van der Waals surface area (Å²) in [5, 5.41) is 0. The Balaban J connectivity index is 1.48. The molecule has 4 atom stereocenters. The fourth-order valence-electron chi connectivity index (χ4n) is 6.25. The summed E-state index contributed by atoms with van der Waals surface area (Å²) in [6, 6.07) is 3.32. The Hall–Kier alpha value is -3.84. The SMILES string of the molecule is Cc1cc(F)ccc1C1[C@@H]2CN(C3=NC(=O)CO3)CC2CCN1C(=O)N(C)C(C)c1cc(C(F)(F)F)cc(C(F)(F)F)c1. The van der Waals surface area contributed by atoms with Crippen LogP contribution >= 0.6 is 0 Å². The largest absolute Gasteiger partial charge is 0.455 e. The number of alkyl halides is 6. The van der Waals surface area contributed by atoms with Crippen LogP contribution in [0.1, 0.15) is 53.2 Å². The second-order valence-corrected chi connectivity index (χ2v) is 11.2. The van der Waals surface area contributed by atoms with Gasteiger partial charge in [-0.2, -0.15) is 31.3 Å². The molecule has 0 radical (unpaired) electrons. The zero-order valence-corrected chi connectivity index (χ0v) is 23.5. The zero-order valence-electron chi connectivity index (χ0n) is 23.5. The van der Waals surface area contributed by atoms with Crippen molar-refractivity contribution in [1.82, 2.24) is 14.7 Å². The molecule has 5 rings (SSSR count). The number of likely N-dealkylation sites (tertiary alicyclic amines) is 2. The minimum absolute atomic E-state index is 0.0426. The van der Waals surface area contributed by atoms with Gasteiger partial charge in [-0.3, -0.25) is 4.79 Å². The van der Waals surface area contributed by atoms with Crippen LogP contribution in [0.2, 0.25) is 0 Å². The molecule has 3 heterocycles. The van der Waals surface area contributed by atoms with Gasteiger partial charge in [0, 0.05) is 32.6 Å². The summed E-state index contributed by atoms with van der Waals surface area (Å²) in [6.45, 7) is 4.00. The van der Waals surface area contributed by atoms with Gasteiger partial charge in [-0.1, -0.05) is 6.07 Å². The number of rotatable bonds is 3. The number of aryl methyl sites for hydroxylation is 1. The fraction of sp³-hybridized carbons (Fsp3) is 0.483. The van der Waals surface area contributed by atoms with Crippen molar-refractivity contribution in [1.29, 1.82) is 0 Å². The molecule has 7 nitrogen and oxygen atoms in total. The van der Waals surface area contributed by atoms with Crippen molar-refractivity contribution >= 4 is 18.0 Å². The van der Waals surface area contributed by atoms with Crippen LogP contribution in [0, 0.1) is 24.6 Å². The highest BCUT2D eigenvalue weighted by Crippen LogP contribution is 2.46. The van der Waals surface area contributed by atoms with Crippen molar-refractivity contribution in [3.05, 3.63) is 70.0 Å². The van der Waals surface area contributed by atoms with E-state index in [4.69, 9.17) is 4.74 Å². The van der Waals surface area contributed by atoms with Crippen LogP contribution in [0.15, 0.2) is 41.4 Å². The summed E-state index contributed by atoms with van der Waals surface area (Å²) >= 11 is 0. The van der Waals surface area contributed by atoms with Gasteiger partial charge in [0.1, 0.15) is 5.82 Å². The topological polar surface area (TPSA) is 65.5 Å². The Morgan fingerprint density at radius 2 is 1.70 bits per heavy atom. The number of piperidine rings is 1. The van der Waals surface area contributed by atoms with Gasteiger partial charge in [0.15, 0.2) is 6.61 Å². The summed E-state index contributed by atoms with van der Waals surface area (Å²) < 4.78 is 101. The molecule has 0 saturated carbocycles. The number of hydrogen-bond donors (Lipinski definition) is 0. The van der Waals surface area contributed by atoms with E-state index < -0.39 is 53.3 Å². The highest BCUT2D eigenvalue weighted by molar-refractivity contribution is 5.96.